The Bertz CT molecular complexity index is 264. The molecule has 0 aliphatic heterocycles. The van der Waals surface area contributed by atoms with Crippen LogP contribution < -0.4 is 5.32 Å². The summed E-state index contributed by atoms with van der Waals surface area (Å²) in [7, 11) is 0. The molecule has 1 rings (SSSR count). The second-order valence-corrected chi connectivity index (χ2v) is 5.04. The van der Waals surface area contributed by atoms with E-state index in [2.05, 4.69) is 33.0 Å². The summed E-state index contributed by atoms with van der Waals surface area (Å²) >= 11 is 0. The maximum atomic E-state index is 9.62. The Morgan fingerprint density at radius 1 is 1.40 bits per heavy atom. The molecule has 0 radical (unpaired) electrons. The first-order valence-electron chi connectivity index (χ1n) is 5.82. The molecule has 0 aromatic rings. The number of rotatable bonds is 4. The lowest BCUT2D eigenvalue weighted by Crippen LogP contribution is -2.26. The van der Waals surface area contributed by atoms with Crippen LogP contribution in [0.15, 0.2) is 23.5 Å². The smallest absolute Gasteiger partial charge is 0.111 e. The lowest BCUT2D eigenvalue weighted by Gasteiger charge is -2.23. The van der Waals surface area contributed by atoms with Gasteiger partial charge in [-0.05, 0) is 30.4 Å². The third-order valence-corrected chi connectivity index (χ3v) is 2.83. The van der Waals surface area contributed by atoms with E-state index in [1.807, 2.05) is 12.2 Å². The lowest BCUT2D eigenvalue weighted by molar-refractivity contribution is 0.384. The molecule has 0 saturated carbocycles. The Morgan fingerprint density at radius 2 is 2.07 bits per heavy atom. The zero-order chi connectivity index (χ0) is 11.4. The van der Waals surface area contributed by atoms with Crippen LogP contribution in [0.4, 0.5) is 0 Å². The van der Waals surface area contributed by atoms with E-state index in [0.717, 1.165) is 13.0 Å². The van der Waals surface area contributed by atoms with Gasteiger partial charge in [0.25, 0.3) is 0 Å². The zero-order valence-electron chi connectivity index (χ0n) is 10.2. The van der Waals surface area contributed by atoms with Crippen molar-refractivity contribution in [1.82, 2.24) is 5.32 Å². The molecule has 1 unspecified atom stereocenters. The van der Waals surface area contributed by atoms with Crippen molar-refractivity contribution in [3.8, 4) is 0 Å². The molecule has 0 aromatic carbocycles. The van der Waals surface area contributed by atoms with Crippen molar-refractivity contribution in [3.05, 3.63) is 23.5 Å². The SMILES string of the molecule is CC(C)NCC1=CC(O)=CC(C(C)C)C1. The van der Waals surface area contributed by atoms with Gasteiger partial charge in [-0.2, -0.15) is 0 Å². The fraction of sp³-hybridized carbons (Fsp3) is 0.692. The van der Waals surface area contributed by atoms with E-state index in [1.165, 1.54) is 5.57 Å². The summed E-state index contributed by atoms with van der Waals surface area (Å²) < 4.78 is 0. The van der Waals surface area contributed by atoms with Gasteiger partial charge < -0.3 is 10.4 Å². The van der Waals surface area contributed by atoms with E-state index in [-0.39, 0.29) is 0 Å². The summed E-state index contributed by atoms with van der Waals surface area (Å²) in [6, 6.07) is 0.497. The monoisotopic (exact) mass is 209 g/mol. The first kappa shape index (κ1) is 12.3. The van der Waals surface area contributed by atoms with Crippen LogP contribution in [-0.2, 0) is 0 Å². The van der Waals surface area contributed by atoms with Crippen LogP contribution in [0.3, 0.4) is 0 Å². The Hall–Kier alpha value is -0.760. The second kappa shape index (κ2) is 5.36. The Balaban J connectivity index is 2.56. The number of allylic oxidation sites excluding steroid dienone is 2. The highest BCUT2D eigenvalue weighted by atomic mass is 16.3. The van der Waals surface area contributed by atoms with Gasteiger partial charge in [0.15, 0.2) is 0 Å². The predicted molar refractivity (Wildman–Crippen MR) is 64.9 cm³/mol. The number of aliphatic hydroxyl groups is 1. The molecule has 0 aromatic heterocycles. The molecule has 0 bridgehead atoms. The van der Waals surface area contributed by atoms with Gasteiger partial charge in [0.2, 0.25) is 0 Å². The molecule has 1 aliphatic carbocycles. The van der Waals surface area contributed by atoms with Crippen LogP contribution in [-0.4, -0.2) is 17.7 Å². The van der Waals surface area contributed by atoms with Crippen LogP contribution in [0, 0.1) is 11.8 Å². The molecular formula is C13H23NO. The predicted octanol–water partition coefficient (Wildman–Crippen LogP) is 3.03. The summed E-state index contributed by atoms with van der Waals surface area (Å²) in [4.78, 5) is 0. The Kier molecular flexibility index (Phi) is 4.40. The van der Waals surface area contributed by atoms with Gasteiger partial charge in [-0.3, -0.25) is 0 Å². The maximum absolute atomic E-state index is 9.62. The van der Waals surface area contributed by atoms with Crippen molar-refractivity contribution >= 4 is 0 Å². The highest BCUT2D eigenvalue weighted by Crippen LogP contribution is 2.27. The number of nitrogens with one attached hydrogen (secondary N) is 1. The molecule has 86 valence electrons. The molecule has 1 atom stereocenters. The molecule has 2 heteroatoms. The van der Waals surface area contributed by atoms with E-state index in [1.54, 1.807) is 0 Å². The van der Waals surface area contributed by atoms with Crippen LogP contribution >= 0.6 is 0 Å². The fourth-order valence-corrected chi connectivity index (χ4v) is 1.78. The van der Waals surface area contributed by atoms with E-state index < -0.39 is 0 Å². The standard InChI is InChI=1S/C13H23NO/c1-9(2)12-5-11(6-13(15)7-12)8-14-10(3)4/h6-7,9-10,12,14-15H,5,8H2,1-4H3. The summed E-state index contributed by atoms with van der Waals surface area (Å²) in [5.41, 5.74) is 1.31. The van der Waals surface area contributed by atoms with E-state index in [0.29, 0.717) is 23.6 Å². The van der Waals surface area contributed by atoms with Gasteiger partial charge in [0.05, 0.1) is 0 Å². The number of aliphatic hydroxyl groups excluding tert-OH is 1. The van der Waals surface area contributed by atoms with Crippen LogP contribution in [0.25, 0.3) is 0 Å². The van der Waals surface area contributed by atoms with Crippen LogP contribution in [0.2, 0.25) is 0 Å². The van der Waals surface area contributed by atoms with E-state index in [4.69, 9.17) is 0 Å². The summed E-state index contributed by atoms with van der Waals surface area (Å²) in [6.45, 7) is 9.57. The topological polar surface area (TPSA) is 32.3 Å². The van der Waals surface area contributed by atoms with Gasteiger partial charge in [0.1, 0.15) is 5.76 Å². The third-order valence-electron chi connectivity index (χ3n) is 2.83. The summed E-state index contributed by atoms with van der Waals surface area (Å²) in [5, 5.41) is 13.0. The van der Waals surface area contributed by atoms with Crippen molar-refractivity contribution in [2.45, 2.75) is 40.2 Å². The molecule has 0 heterocycles. The second-order valence-electron chi connectivity index (χ2n) is 5.04. The summed E-state index contributed by atoms with van der Waals surface area (Å²) in [6.07, 6.45) is 4.94. The fourth-order valence-electron chi connectivity index (χ4n) is 1.78. The van der Waals surface area contributed by atoms with E-state index in [9.17, 15) is 5.11 Å². The lowest BCUT2D eigenvalue weighted by atomic mass is 9.85. The highest BCUT2D eigenvalue weighted by Gasteiger charge is 2.17. The van der Waals surface area contributed by atoms with Crippen molar-refractivity contribution in [2.75, 3.05) is 6.54 Å². The molecule has 2 nitrogen and oxygen atoms in total. The average Bonchev–Trinajstić information content (AvgIpc) is 2.13. The normalized spacial score (nSPS) is 21.9. The molecule has 15 heavy (non-hydrogen) atoms. The van der Waals surface area contributed by atoms with Gasteiger partial charge >= 0.3 is 0 Å². The van der Waals surface area contributed by atoms with Crippen molar-refractivity contribution in [2.24, 2.45) is 11.8 Å². The Labute approximate surface area is 93.1 Å². The van der Waals surface area contributed by atoms with Gasteiger partial charge in [-0.15, -0.1) is 0 Å². The van der Waals surface area contributed by atoms with Crippen LogP contribution in [0.1, 0.15) is 34.1 Å². The molecule has 2 N–H and O–H groups in total. The minimum absolute atomic E-state index is 0.431. The van der Waals surface area contributed by atoms with Crippen molar-refractivity contribution < 1.29 is 5.11 Å². The highest BCUT2D eigenvalue weighted by molar-refractivity contribution is 5.25. The summed E-state index contributed by atoms with van der Waals surface area (Å²) in [5.74, 6) is 1.51. The largest absolute Gasteiger partial charge is 0.508 e. The number of hydrogen-bond acceptors (Lipinski definition) is 2. The number of hydrogen-bond donors (Lipinski definition) is 2. The minimum atomic E-state index is 0.431. The molecular weight excluding hydrogens is 186 g/mol. The molecule has 0 saturated heterocycles. The van der Waals surface area contributed by atoms with Gasteiger partial charge in [0, 0.05) is 12.6 Å². The van der Waals surface area contributed by atoms with Crippen molar-refractivity contribution in [1.29, 1.82) is 0 Å². The molecule has 0 fully saturated rings. The average molecular weight is 209 g/mol. The quantitative estimate of drug-likeness (QED) is 0.746. The van der Waals surface area contributed by atoms with Gasteiger partial charge in [-0.25, -0.2) is 0 Å². The minimum Gasteiger partial charge on any atom is -0.508 e. The van der Waals surface area contributed by atoms with Gasteiger partial charge in [-0.1, -0.05) is 33.3 Å². The first-order chi connectivity index (χ1) is 6.99. The maximum Gasteiger partial charge on any atom is 0.111 e. The first-order valence-corrected chi connectivity index (χ1v) is 5.82. The molecule has 1 aliphatic rings. The third kappa shape index (κ3) is 4.08. The molecule has 0 spiro atoms. The Morgan fingerprint density at radius 3 is 2.60 bits per heavy atom. The van der Waals surface area contributed by atoms with Crippen LogP contribution in [0.5, 0.6) is 0 Å². The van der Waals surface area contributed by atoms with Crippen molar-refractivity contribution in [3.63, 3.8) is 0 Å². The zero-order valence-corrected chi connectivity index (χ0v) is 10.2. The molecule has 0 amide bonds. The van der Waals surface area contributed by atoms with E-state index >= 15 is 0 Å².